The minimum absolute atomic E-state index is 0.335. The van der Waals surface area contributed by atoms with Crippen LogP contribution in [0.5, 0.6) is 0 Å². The molecule has 0 bridgehead atoms. The number of hydrogen-bond acceptors (Lipinski definition) is 2. The van der Waals surface area contributed by atoms with Crippen molar-refractivity contribution >= 4 is 8.56 Å². The molecule has 0 radical (unpaired) electrons. The Morgan fingerprint density at radius 3 is 1.61 bits per heavy atom. The van der Waals surface area contributed by atoms with Crippen LogP contribution >= 0.6 is 0 Å². The van der Waals surface area contributed by atoms with Crippen molar-refractivity contribution in [3.05, 3.63) is 47.6 Å². The van der Waals surface area contributed by atoms with Gasteiger partial charge in [0.25, 0.3) is 0 Å². The third kappa shape index (κ3) is 3.78. The number of unbranched alkanes of at least 4 members (excludes halogenated alkanes) is 2. The molecule has 2 unspecified atom stereocenters. The van der Waals surface area contributed by atoms with E-state index in [1.54, 1.807) is 0 Å². The molecular weight excluding hydrogens is 300 g/mol. The van der Waals surface area contributed by atoms with Crippen molar-refractivity contribution in [2.75, 3.05) is 14.2 Å². The summed E-state index contributed by atoms with van der Waals surface area (Å²) in [4.78, 5) is 0. The minimum Gasteiger partial charge on any atom is -0.397 e. The van der Waals surface area contributed by atoms with Crippen LogP contribution in [0.15, 0.2) is 47.6 Å². The minimum atomic E-state index is -2.41. The van der Waals surface area contributed by atoms with Crippen LogP contribution in [0.4, 0.5) is 0 Å². The smallest absolute Gasteiger partial charge is 0.360 e. The molecule has 2 rings (SSSR count). The van der Waals surface area contributed by atoms with E-state index < -0.39 is 8.56 Å². The molecule has 0 aliphatic heterocycles. The maximum absolute atomic E-state index is 6.21. The Kier molecular flexibility index (Phi) is 7.06. The van der Waals surface area contributed by atoms with Crippen molar-refractivity contribution in [2.24, 2.45) is 0 Å². The van der Waals surface area contributed by atoms with Gasteiger partial charge in [0.2, 0.25) is 0 Å². The fourth-order valence-corrected chi connectivity index (χ4v) is 7.69. The Balaban J connectivity index is 2.25. The molecule has 2 aliphatic carbocycles. The molecule has 0 N–H and O–H groups in total. The third-order valence-corrected chi connectivity index (χ3v) is 9.31. The summed E-state index contributed by atoms with van der Waals surface area (Å²) < 4.78 is 12.4. The second-order valence-corrected chi connectivity index (χ2v) is 10.0. The van der Waals surface area contributed by atoms with E-state index >= 15 is 0 Å². The van der Waals surface area contributed by atoms with Crippen molar-refractivity contribution in [1.29, 1.82) is 0 Å². The Hall–Kier alpha value is -0.903. The molecule has 0 heterocycles. The first-order chi connectivity index (χ1) is 11.2. The molecule has 0 amide bonds. The van der Waals surface area contributed by atoms with E-state index in [1.807, 2.05) is 14.2 Å². The highest BCUT2D eigenvalue weighted by molar-refractivity contribution is 6.73. The summed E-state index contributed by atoms with van der Waals surface area (Å²) in [6.45, 7) is 4.50. The normalized spacial score (nSPS) is 23.5. The van der Waals surface area contributed by atoms with Crippen molar-refractivity contribution in [1.82, 2.24) is 0 Å². The Bertz CT molecular complexity index is 456. The first-order valence-electron chi connectivity index (χ1n) is 9.08. The van der Waals surface area contributed by atoms with Gasteiger partial charge in [-0.15, -0.1) is 0 Å². The van der Waals surface area contributed by atoms with E-state index in [4.69, 9.17) is 8.85 Å². The molecule has 2 atom stereocenters. The maximum atomic E-state index is 6.21. The highest BCUT2D eigenvalue weighted by atomic mass is 28.4. The molecular formula is C20H32O2Si. The van der Waals surface area contributed by atoms with Gasteiger partial charge in [-0.25, -0.2) is 0 Å². The van der Waals surface area contributed by atoms with E-state index in [2.05, 4.69) is 50.3 Å². The first kappa shape index (κ1) is 18.4. The van der Waals surface area contributed by atoms with Crippen LogP contribution in [0.1, 0.15) is 52.4 Å². The van der Waals surface area contributed by atoms with Gasteiger partial charge in [-0.1, -0.05) is 74.3 Å². The highest BCUT2D eigenvalue weighted by Crippen LogP contribution is 2.49. The maximum Gasteiger partial charge on any atom is 0.360 e. The van der Waals surface area contributed by atoms with Crippen LogP contribution in [0, 0.1) is 0 Å². The van der Waals surface area contributed by atoms with Gasteiger partial charge in [0.05, 0.1) is 0 Å². The molecule has 128 valence electrons. The second kappa shape index (κ2) is 8.81. The number of allylic oxidation sites excluding steroid dienone is 8. The lowest BCUT2D eigenvalue weighted by Crippen LogP contribution is -2.49. The second-order valence-electron chi connectivity index (χ2n) is 6.55. The quantitative estimate of drug-likeness (QED) is 0.468. The summed E-state index contributed by atoms with van der Waals surface area (Å²) in [5.74, 6) is 0. The zero-order chi connectivity index (χ0) is 16.7. The molecule has 0 saturated carbocycles. The Morgan fingerprint density at radius 1 is 0.826 bits per heavy atom. The summed E-state index contributed by atoms with van der Waals surface area (Å²) in [6.07, 6.45) is 20.8. The molecule has 23 heavy (non-hydrogen) atoms. The van der Waals surface area contributed by atoms with Crippen LogP contribution in [-0.4, -0.2) is 22.8 Å². The largest absolute Gasteiger partial charge is 0.397 e. The van der Waals surface area contributed by atoms with Crippen molar-refractivity contribution in [2.45, 2.75) is 63.5 Å². The zero-order valence-corrected chi connectivity index (χ0v) is 16.2. The van der Waals surface area contributed by atoms with Gasteiger partial charge in [0.15, 0.2) is 0 Å². The summed E-state index contributed by atoms with van der Waals surface area (Å²) in [6, 6.07) is 0. The fourth-order valence-electron chi connectivity index (χ4n) is 3.84. The van der Waals surface area contributed by atoms with Crippen LogP contribution in [-0.2, 0) is 8.85 Å². The standard InChI is InChI=1S/C20H32O2Si/c1-5-7-11-17-13-9-15-19(17)23(21-3,22-4)20-16-10-14-18(20)12-8-6-2/h9-10,13-16,19-20H,5-8,11-12H2,1-4H3. The van der Waals surface area contributed by atoms with Gasteiger partial charge < -0.3 is 8.85 Å². The highest BCUT2D eigenvalue weighted by Gasteiger charge is 2.52. The topological polar surface area (TPSA) is 18.5 Å². The van der Waals surface area contributed by atoms with E-state index in [-0.39, 0.29) is 0 Å². The van der Waals surface area contributed by atoms with Crippen LogP contribution in [0.25, 0.3) is 0 Å². The average Bonchev–Trinajstić information content (AvgIpc) is 3.23. The lowest BCUT2D eigenvalue weighted by atomic mass is 10.1. The summed E-state index contributed by atoms with van der Waals surface area (Å²) in [5.41, 5.74) is 3.67. The van der Waals surface area contributed by atoms with E-state index in [0.717, 1.165) is 12.8 Å². The van der Waals surface area contributed by atoms with Gasteiger partial charge in [-0.2, -0.15) is 0 Å². The zero-order valence-electron chi connectivity index (χ0n) is 15.2. The molecule has 0 spiro atoms. The number of rotatable bonds is 10. The Labute approximate surface area is 143 Å². The summed E-state index contributed by atoms with van der Waals surface area (Å²) >= 11 is 0. The molecule has 0 fully saturated rings. The average molecular weight is 333 g/mol. The Morgan fingerprint density at radius 2 is 1.26 bits per heavy atom. The van der Waals surface area contributed by atoms with Gasteiger partial charge in [-0.05, 0) is 25.7 Å². The first-order valence-corrected chi connectivity index (χ1v) is 11.0. The van der Waals surface area contributed by atoms with E-state index in [1.165, 1.54) is 36.8 Å². The molecule has 0 aromatic carbocycles. The fraction of sp³-hybridized carbons (Fsp3) is 0.600. The van der Waals surface area contributed by atoms with Crippen molar-refractivity contribution in [3.8, 4) is 0 Å². The molecule has 0 aromatic heterocycles. The SMILES string of the molecule is CCCCC1=CC=CC1[Si](OC)(OC)C1C=CC=C1CCCC. The predicted octanol–water partition coefficient (Wildman–Crippen LogP) is 5.83. The molecule has 2 nitrogen and oxygen atoms in total. The van der Waals surface area contributed by atoms with E-state index in [0.29, 0.717) is 11.1 Å². The van der Waals surface area contributed by atoms with Crippen LogP contribution in [0.3, 0.4) is 0 Å². The van der Waals surface area contributed by atoms with Crippen LogP contribution in [0.2, 0.25) is 11.1 Å². The molecule has 0 aromatic rings. The third-order valence-electron chi connectivity index (χ3n) is 5.17. The number of hydrogen-bond donors (Lipinski definition) is 0. The molecule has 2 aliphatic rings. The lowest BCUT2D eigenvalue weighted by molar-refractivity contribution is 0.233. The summed E-state index contributed by atoms with van der Waals surface area (Å²) in [5, 5.41) is 0. The predicted molar refractivity (Wildman–Crippen MR) is 101 cm³/mol. The van der Waals surface area contributed by atoms with Crippen molar-refractivity contribution < 1.29 is 8.85 Å². The monoisotopic (exact) mass is 332 g/mol. The van der Waals surface area contributed by atoms with E-state index in [9.17, 15) is 0 Å². The van der Waals surface area contributed by atoms with Crippen molar-refractivity contribution in [3.63, 3.8) is 0 Å². The van der Waals surface area contributed by atoms with Gasteiger partial charge in [0.1, 0.15) is 0 Å². The van der Waals surface area contributed by atoms with Gasteiger partial charge >= 0.3 is 8.56 Å². The molecule has 0 saturated heterocycles. The lowest BCUT2D eigenvalue weighted by Gasteiger charge is -2.39. The van der Waals surface area contributed by atoms with Crippen LogP contribution < -0.4 is 0 Å². The van der Waals surface area contributed by atoms with Gasteiger partial charge in [-0.3, -0.25) is 0 Å². The van der Waals surface area contributed by atoms with Gasteiger partial charge in [0, 0.05) is 25.3 Å². The summed E-state index contributed by atoms with van der Waals surface area (Å²) in [7, 11) is 1.29. The molecule has 3 heteroatoms.